The Morgan fingerprint density at radius 2 is 0.526 bits per heavy atom. The van der Waals surface area contributed by atoms with E-state index >= 15 is 0 Å². The number of hydrogen-bond donors (Lipinski definition) is 11. The SMILES string of the molecule is O=P(O)(O)O.O=P(O)(O)O.O=P(O)(O)O.O=[SH](=O)O. The largest absolute Gasteiger partial charge is 0.466 e. The molecule has 0 aromatic carbocycles. The molecular formula is H11O15P3S. The van der Waals surface area contributed by atoms with Crippen LogP contribution in [0.4, 0.5) is 0 Å². The number of phosphoric acid groups is 3. The van der Waals surface area contributed by atoms with Gasteiger partial charge in [-0.1, -0.05) is 0 Å². The van der Waals surface area contributed by atoms with E-state index in [0.29, 0.717) is 0 Å². The molecule has 0 heterocycles. The summed E-state index contributed by atoms with van der Waals surface area (Å²) < 4.78 is 50.8. The average Bonchev–Trinajstić information content (AvgIpc) is 1.66. The van der Waals surface area contributed by atoms with Gasteiger partial charge in [0.25, 0.3) is 11.0 Å². The highest BCUT2D eigenvalue weighted by Gasteiger charge is 2.01. The van der Waals surface area contributed by atoms with E-state index in [2.05, 4.69) is 0 Å². The highest BCUT2D eigenvalue weighted by atomic mass is 32.2. The third-order valence-electron chi connectivity index (χ3n) is 0. The summed E-state index contributed by atoms with van der Waals surface area (Å²) in [5.74, 6) is 0. The highest BCUT2D eigenvalue weighted by molar-refractivity contribution is 7.66. The van der Waals surface area contributed by atoms with Gasteiger partial charge in [0, 0.05) is 0 Å². The molecule has 0 amide bonds. The molecule has 0 spiro atoms. The van der Waals surface area contributed by atoms with Crippen LogP contribution in [0.15, 0.2) is 0 Å². The molecule has 19 heteroatoms. The van der Waals surface area contributed by atoms with Crippen LogP contribution in [-0.2, 0) is 24.7 Å². The maximum Gasteiger partial charge on any atom is 0.466 e. The molecule has 10 N–H and O–H groups in total. The summed E-state index contributed by atoms with van der Waals surface area (Å²) in [6, 6.07) is 0. The van der Waals surface area contributed by atoms with Crippen LogP contribution in [0.5, 0.6) is 0 Å². The number of hydrogen-bond acceptors (Lipinski definition) is 5. The first-order valence-corrected chi connectivity index (χ1v) is 8.74. The summed E-state index contributed by atoms with van der Waals surface area (Å²) >= 11 is 0. The minimum atomic E-state index is -4.64. The quantitative estimate of drug-likeness (QED) is 0.110. The van der Waals surface area contributed by atoms with Crippen molar-refractivity contribution in [2.45, 2.75) is 0 Å². The van der Waals surface area contributed by atoms with E-state index in [0.717, 1.165) is 0 Å². The summed E-state index contributed by atoms with van der Waals surface area (Å²) in [5.41, 5.74) is 0. The fourth-order valence-electron chi connectivity index (χ4n) is 0. The maximum absolute atomic E-state index is 8.88. The third kappa shape index (κ3) is 83500. The van der Waals surface area contributed by atoms with Crippen molar-refractivity contribution in [2.24, 2.45) is 0 Å². The van der Waals surface area contributed by atoms with Crippen LogP contribution < -0.4 is 0 Å². The van der Waals surface area contributed by atoms with Crippen molar-refractivity contribution >= 4 is 34.5 Å². The van der Waals surface area contributed by atoms with Crippen LogP contribution in [0.3, 0.4) is 0 Å². The van der Waals surface area contributed by atoms with Crippen molar-refractivity contribution in [1.82, 2.24) is 0 Å². The fraction of sp³-hybridized carbons (Fsp3) is 0. The van der Waals surface area contributed by atoms with Gasteiger partial charge in [-0.2, -0.15) is 0 Å². The van der Waals surface area contributed by atoms with Crippen molar-refractivity contribution in [3.63, 3.8) is 0 Å². The van der Waals surface area contributed by atoms with Crippen LogP contribution in [0, 0.1) is 0 Å². The molecule has 122 valence electrons. The number of thiol groups is 1. The molecule has 0 bridgehead atoms. The van der Waals surface area contributed by atoms with E-state index in [9.17, 15) is 0 Å². The van der Waals surface area contributed by atoms with Crippen molar-refractivity contribution in [1.29, 1.82) is 0 Å². The van der Waals surface area contributed by atoms with Gasteiger partial charge in [0.1, 0.15) is 0 Å². The topological polar surface area (TPSA) is 288 Å². The second-order valence-electron chi connectivity index (χ2n) is 1.78. The van der Waals surface area contributed by atoms with Gasteiger partial charge in [0.2, 0.25) is 0 Å². The molecule has 0 atom stereocenters. The Kier molecular flexibility index (Phi) is 17.4. The monoisotopic (exact) mass is 376 g/mol. The Morgan fingerprint density at radius 3 is 0.526 bits per heavy atom. The zero-order valence-electron chi connectivity index (χ0n) is 8.30. The first-order chi connectivity index (χ1) is 7.73. The third-order valence-corrected chi connectivity index (χ3v) is 0. The first-order valence-electron chi connectivity index (χ1n) is 2.91. The fourth-order valence-corrected chi connectivity index (χ4v) is 0. The lowest BCUT2D eigenvalue weighted by Gasteiger charge is -1.82. The van der Waals surface area contributed by atoms with Crippen LogP contribution in [0.25, 0.3) is 0 Å². The van der Waals surface area contributed by atoms with Crippen LogP contribution in [0.2, 0.25) is 0 Å². The molecule has 0 aliphatic heterocycles. The minimum absolute atomic E-state index is 3.12. The van der Waals surface area contributed by atoms with Crippen molar-refractivity contribution in [3.8, 4) is 0 Å². The summed E-state index contributed by atoms with van der Waals surface area (Å²) in [5, 5.41) is 0. The molecule has 0 saturated carbocycles. The van der Waals surface area contributed by atoms with E-state index in [1.165, 1.54) is 0 Å². The van der Waals surface area contributed by atoms with E-state index < -0.39 is 34.5 Å². The van der Waals surface area contributed by atoms with Gasteiger partial charge in [-0.05, 0) is 0 Å². The Hall–Kier alpha value is 0.240. The second kappa shape index (κ2) is 12.0. The lowest BCUT2D eigenvalue weighted by atomic mass is 15.8. The van der Waals surface area contributed by atoms with Crippen molar-refractivity contribution in [2.75, 3.05) is 0 Å². The molecule has 0 aromatic rings. The van der Waals surface area contributed by atoms with E-state index in [4.69, 9.17) is 70.7 Å². The van der Waals surface area contributed by atoms with E-state index in [1.807, 2.05) is 0 Å². The normalized spacial score (nSPS) is 11.1. The van der Waals surface area contributed by atoms with Crippen LogP contribution in [-0.4, -0.2) is 57.0 Å². The average molecular weight is 376 g/mol. The predicted molar refractivity (Wildman–Crippen MR) is 55.7 cm³/mol. The molecule has 15 nitrogen and oxygen atoms in total. The Morgan fingerprint density at radius 1 is 0.526 bits per heavy atom. The first kappa shape index (κ1) is 27.6. The van der Waals surface area contributed by atoms with Crippen molar-refractivity contribution < 1.29 is 70.7 Å². The lowest BCUT2D eigenvalue weighted by Crippen LogP contribution is -1.66. The van der Waals surface area contributed by atoms with Gasteiger partial charge in [-0.3, -0.25) is 4.55 Å². The Bertz CT molecular complexity index is 317. The Labute approximate surface area is 106 Å². The Balaban J connectivity index is -0.0000000793. The predicted octanol–water partition coefficient (Wildman–Crippen LogP) is -3.71. The molecule has 0 aromatic heterocycles. The molecule has 0 fully saturated rings. The molecule has 0 aliphatic rings. The maximum atomic E-state index is 8.88. The van der Waals surface area contributed by atoms with Crippen molar-refractivity contribution in [3.05, 3.63) is 0 Å². The molecule has 0 unspecified atom stereocenters. The summed E-state index contributed by atoms with van der Waals surface area (Å²) in [7, 11) is -17.0. The molecule has 0 aliphatic carbocycles. The van der Waals surface area contributed by atoms with E-state index in [-0.39, 0.29) is 0 Å². The zero-order chi connectivity index (χ0) is 17.1. The highest BCUT2D eigenvalue weighted by Crippen LogP contribution is 2.26. The summed E-state index contributed by atoms with van der Waals surface area (Å²) in [6.45, 7) is 0. The van der Waals surface area contributed by atoms with Gasteiger partial charge in [0.05, 0.1) is 0 Å². The lowest BCUT2D eigenvalue weighted by molar-refractivity contribution is 0.272. The molecule has 0 saturated heterocycles. The molecule has 19 heavy (non-hydrogen) atoms. The van der Waals surface area contributed by atoms with Gasteiger partial charge in [-0.15, -0.1) is 0 Å². The zero-order valence-corrected chi connectivity index (χ0v) is 11.9. The molecular weight excluding hydrogens is 365 g/mol. The summed E-state index contributed by atoms with van der Waals surface area (Å²) in [6.07, 6.45) is 0. The van der Waals surface area contributed by atoms with Gasteiger partial charge >= 0.3 is 23.5 Å². The molecule has 0 radical (unpaired) electrons. The standard InChI is InChI=1S/3H3O4P.H2O3S/c3*1-5(2,3)4;1-4(2)3/h3*(H3,1,2,3,4);4H,(H,1,2,3). The van der Waals surface area contributed by atoms with Gasteiger partial charge in [-0.25, -0.2) is 22.1 Å². The summed E-state index contributed by atoms with van der Waals surface area (Å²) in [4.78, 5) is 64.7. The number of rotatable bonds is 0. The molecule has 0 rings (SSSR count). The second-order valence-corrected chi connectivity index (χ2v) is 5.33. The van der Waals surface area contributed by atoms with Gasteiger partial charge < -0.3 is 44.0 Å². The van der Waals surface area contributed by atoms with Gasteiger partial charge in [0.15, 0.2) is 0 Å². The minimum Gasteiger partial charge on any atom is -0.303 e. The smallest absolute Gasteiger partial charge is 0.303 e. The van der Waals surface area contributed by atoms with Crippen LogP contribution in [0.1, 0.15) is 0 Å². The van der Waals surface area contributed by atoms with Crippen LogP contribution >= 0.6 is 23.5 Å². The van der Waals surface area contributed by atoms with E-state index in [1.54, 1.807) is 0 Å².